The van der Waals surface area contributed by atoms with Crippen LogP contribution in [0.2, 0.25) is 0 Å². The maximum atomic E-state index is 12.4. The lowest BCUT2D eigenvalue weighted by atomic mass is 10.2. The van der Waals surface area contributed by atoms with Gasteiger partial charge in [0.05, 0.1) is 0 Å². The molecule has 1 amide bonds. The molecule has 24 heavy (non-hydrogen) atoms. The first-order valence-electron chi connectivity index (χ1n) is 8.03. The molecule has 1 aromatic heterocycles. The van der Waals surface area contributed by atoms with Crippen LogP contribution in [-0.4, -0.2) is 36.5 Å². The Kier molecular flexibility index (Phi) is 5.73. The number of hydrogen-bond acceptors (Lipinski definition) is 5. The van der Waals surface area contributed by atoms with E-state index in [0.717, 1.165) is 23.6 Å². The van der Waals surface area contributed by atoms with Crippen LogP contribution in [0.5, 0.6) is 0 Å². The van der Waals surface area contributed by atoms with Gasteiger partial charge in [-0.05, 0) is 43.2 Å². The van der Waals surface area contributed by atoms with E-state index in [4.69, 9.17) is 0 Å². The minimum atomic E-state index is -0.245. The smallest absolute Gasteiger partial charge is 0.274 e. The third-order valence-corrected chi connectivity index (χ3v) is 3.40. The maximum absolute atomic E-state index is 12.4. The molecule has 0 bridgehead atoms. The second-order valence-corrected chi connectivity index (χ2v) is 6.39. The molecule has 2 N–H and O–H groups in total. The molecule has 0 aliphatic heterocycles. The molecule has 1 aromatic carbocycles. The van der Waals surface area contributed by atoms with Crippen LogP contribution in [0.1, 0.15) is 30.0 Å². The molecule has 0 unspecified atom stereocenters. The number of amides is 1. The molecule has 6 heteroatoms. The predicted octanol–water partition coefficient (Wildman–Crippen LogP) is 3.17. The quantitative estimate of drug-likeness (QED) is 0.853. The van der Waals surface area contributed by atoms with Crippen molar-refractivity contribution in [3.8, 4) is 0 Å². The van der Waals surface area contributed by atoms with Gasteiger partial charge in [-0.3, -0.25) is 4.79 Å². The molecule has 0 radical (unpaired) electrons. The summed E-state index contributed by atoms with van der Waals surface area (Å²) in [5, 5.41) is 6.02. The van der Waals surface area contributed by atoms with Gasteiger partial charge in [0, 0.05) is 37.7 Å². The standard InChI is InChI=1S/C18H25N5O/c1-12(2)11-19-18-20-13(3)10-16(22-18)17(24)21-14-6-8-15(9-7-14)23(4)5/h6-10,12H,11H2,1-5H3,(H,21,24)(H,19,20,22). The summed E-state index contributed by atoms with van der Waals surface area (Å²) in [6.07, 6.45) is 0. The van der Waals surface area contributed by atoms with E-state index in [0.29, 0.717) is 17.6 Å². The van der Waals surface area contributed by atoms with Crippen molar-refractivity contribution in [2.24, 2.45) is 5.92 Å². The zero-order valence-corrected chi connectivity index (χ0v) is 14.9. The van der Waals surface area contributed by atoms with Crippen LogP contribution in [0.15, 0.2) is 30.3 Å². The van der Waals surface area contributed by atoms with Gasteiger partial charge >= 0.3 is 0 Å². The largest absolute Gasteiger partial charge is 0.378 e. The van der Waals surface area contributed by atoms with E-state index in [1.807, 2.05) is 50.2 Å². The van der Waals surface area contributed by atoms with Crippen LogP contribution in [0, 0.1) is 12.8 Å². The van der Waals surface area contributed by atoms with E-state index < -0.39 is 0 Å². The Morgan fingerprint density at radius 1 is 1.17 bits per heavy atom. The molecule has 0 saturated carbocycles. The molecular weight excluding hydrogens is 302 g/mol. The van der Waals surface area contributed by atoms with Crippen molar-refractivity contribution in [1.29, 1.82) is 0 Å². The fourth-order valence-electron chi connectivity index (χ4n) is 2.10. The van der Waals surface area contributed by atoms with Gasteiger partial charge in [-0.1, -0.05) is 13.8 Å². The average Bonchev–Trinajstić information content (AvgIpc) is 2.53. The second-order valence-electron chi connectivity index (χ2n) is 6.39. The first kappa shape index (κ1) is 17.7. The van der Waals surface area contributed by atoms with E-state index in [1.165, 1.54) is 0 Å². The first-order valence-corrected chi connectivity index (χ1v) is 8.03. The van der Waals surface area contributed by atoms with Gasteiger partial charge in [-0.25, -0.2) is 9.97 Å². The molecule has 0 aliphatic rings. The number of aryl methyl sites for hydroxylation is 1. The lowest BCUT2D eigenvalue weighted by Crippen LogP contribution is -2.17. The van der Waals surface area contributed by atoms with Crippen LogP contribution in [0.4, 0.5) is 17.3 Å². The van der Waals surface area contributed by atoms with Crippen molar-refractivity contribution in [2.75, 3.05) is 36.2 Å². The molecule has 0 atom stereocenters. The number of anilines is 3. The minimum absolute atomic E-state index is 0.245. The molecule has 0 spiro atoms. The third kappa shape index (κ3) is 4.94. The molecule has 0 fully saturated rings. The number of carbonyl (C=O) groups excluding carboxylic acids is 1. The lowest BCUT2D eigenvalue weighted by molar-refractivity contribution is 0.102. The summed E-state index contributed by atoms with van der Waals surface area (Å²) in [7, 11) is 3.95. The summed E-state index contributed by atoms with van der Waals surface area (Å²) in [5.74, 6) is 0.712. The molecular formula is C18H25N5O. The van der Waals surface area contributed by atoms with Crippen molar-refractivity contribution < 1.29 is 4.79 Å². The van der Waals surface area contributed by atoms with Gasteiger partial charge in [0.2, 0.25) is 5.95 Å². The summed E-state index contributed by atoms with van der Waals surface area (Å²) in [4.78, 5) is 23.1. The number of nitrogens with zero attached hydrogens (tertiary/aromatic N) is 3. The van der Waals surface area contributed by atoms with Crippen molar-refractivity contribution in [3.63, 3.8) is 0 Å². The summed E-state index contributed by atoms with van der Waals surface area (Å²) in [5.41, 5.74) is 2.92. The Morgan fingerprint density at radius 3 is 2.42 bits per heavy atom. The van der Waals surface area contributed by atoms with E-state index in [1.54, 1.807) is 6.07 Å². The van der Waals surface area contributed by atoms with Crippen LogP contribution in [0.25, 0.3) is 0 Å². The first-order chi connectivity index (χ1) is 11.3. The minimum Gasteiger partial charge on any atom is -0.378 e. The molecule has 1 heterocycles. The highest BCUT2D eigenvalue weighted by Crippen LogP contribution is 2.16. The normalized spacial score (nSPS) is 10.6. The Hall–Kier alpha value is -2.63. The van der Waals surface area contributed by atoms with Crippen LogP contribution >= 0.6 is 0 Å². The predicted molar refractivity (Wildman–Crippen MR) is 98.8 cm³/mol. The van der Waals surface area contributed by atoms with Crippen molar-refractivity contribution >= 4 is 23.2 Å². The number of hydrogen-bond donors (Lipinski definition) is 2. The summed E-state index contributed by atoms with van der Waals surface area (Å²) >= 11 is 0. The van der Waals surface area contributed by atoms with Gasteiger partial charge < -0.3 is 15.5 Å². The van der Waals surface area contributed by atoms with Gasteiger partial charge in [-0.2, -0.15) is 0 Å². The van der Waals surface area contributed by atoms with Crippen LogP contribution in [-0.2, 0) is 0 Å². The van der Waals surface area contributed by atoms with Gasteiger partial charge in [0.25, 0.3) is 5.91 Å². The number of nitrogens with one attached hydrogen (secondary N) is 2. The van der Waals surface area contributed by atoms with E-state index in [-0.39, 0.29) is 5.91 Å². The molecule has 2 rings (SSSR count). The SMILES string of the molecule is Cc1cc(C(=O)Nc2ccc(N(C)C)cc2)nc(NCC(C)C)n1. The Balaban J connectivity index is 2.11. The average molecular weight is 327 g/mol. The van der Waals surface area contributed by atoms with E-state index in [2.05, 4.69) is 34.4 Å². The number of benzene rings is 1. The highest BCUT2D eigenvalue weighted by Gasteiger charge is 2.11. The molecule has 0 saturated heterocycles. The van der Waals surface area contributed by atoms with Crippen molar-refractivity contribution in [2.45, 2.75) is 20.8 Å². The highest BCUT2D eigenvalue weighted by molar-refractivity contribution is 6.03. The molecule has 0 aliphatic carbocycles. The molecule has 6 nitrogen and oxygen atoms in total. The monoisotopic (exact) mass is 327 g/mol. The zero-order valence-electron chi connectivity index (χ0n) is 14.9. The van der Waals surface area contributed by atoms with Gasteiger partial charge in [0.15, 0.2) is 0 Å². The molecule has 128 valence electrons. The second kappa shape index (κ2) is 7.77. The maximum Gasteiger partial charge on any atom is 0.274 e. The topological polar surface area (TPSA) is 70.2 Å². The van der Waals surface area contributed by atoms with Crippen LogP contribution in [0.3, 0.4) is 0 Å². The Labute approximate surface area is 143 Å². The number of aromatic nitrogens is 2. The van der Waals surface area contributed by atoms with Crippen LogP contribution < -0.4 is 15.5 Å². The number of rotatable bonds is 6. The fraction of sp³-hybridized carbons (Fsp3) is 0.389. The Morgan fingerprint density at radius 2 is 1.83 bits per heavy atom. The van der Waals surface area contributed by atoms with Crippen molar-refractivity contribution in [3.05, 3.63) is 41.7 Å². The molecule has 2 aromatic rings. The fourth-order valence-corrected chi connectivity index (χ4v) is 2.10. The van der Waals surface area contributed by atoms with Crippen molar-refractivity contribution in [1.82, 2.24) is 9.97 Å². The van der Waals surface area contributed by atoms with E-state index in [9.17, 15) is 4.79 Å². The van der Waals surface area contributed by atoms with Gasteiger partial charge in [-0.15, -0.1) is 0 Å². The zero-order chi connectivity index (χ0) is 17.7. The third-order valence-electron chi connectivity index (χ3n) is 3.40. The van der Waals surface area contributed by atoms with E-state index >= 15 is 0 Å². The summed E-state index contributed by atoms with van der Waals surface area (Å²) < 4.78 is 0. The highest BCUT2D eigenvalue weighted by atomic mass is 16.1. The lowest BCUT2D eigenvalue weighted by Gasteiger charge is -2.13. The summed E-state index contributed by atoms with van der Waals surface area (Å²) in [6.45, 7) is 6.82. The Bertz CT molecular complexity index is 695. The summed E-state index contributed by atoms with van der Waals surface area (Å²) in [6, 6.07) is 9.34. The van der Waals surface area contributed by atoms with Gasteiger partial charge in [0.1, 0.15) is 5.69 Å². The number of carbonyl (C=O) groups is 1.